The number of nitrogens with one attached hydrogen (secondary N) is 2. The first-order chi connectivity index (χ1) is 8.99. The summed E-state index contributed by atoms with van der Waals surface area (Å²) in [5.41, 5.74) is 1.12. The van der Waals surface area contributed by atoms with Crippen LogP contribution in [0.2, 0.25) is 0 Å². The van der Waals surface area contributed by atoms with E-state index in [-0.39, 0.29) is 6.42 Å². The van der Waals surface area contributed by atoms with Crippen LogP contribution in [-0.2, 0) is 16.0 Å². The number of carbonyl (C=O) groups is 2. The van der Waals surface area contributed by atoms with E-state index in [1.165, 1.54) is 13.0 Å². The predicted molar refractivity (Wildman–Crippen MR) is 67.2 cm³/mol. The Morgan fingerprint density at radius 1 is 1.47 bits per heavy atom. The van der Waals surface area contributed by atoms with Gasteiger partial charge in [0.15, 0.2) is 0 Å². The largest absolute Gasteiger partial charge is 0.480 e. The maximum atomic E-state index is 13.7. The van der Waals surface area contributed by atoms with E-state index in [0.29, 0.717) is 16.5 Å². The Kier molecular flexibility index (Phi) is 3.50. The van der Waals surface area contributed by atoms with Gasteiger partial charge in [0.25, 0.3) is 0 Å². The molecule has 1 heterocycles. The number of aromatic amines is 1. The van der Waals surface area contributed by atoms with Gasteiger partial charge in [0.05, 0.1) is 0 Å². The van der Waals surface area contributed by atoms with Crippen LogP contribution < -0.4 is 5.32 Å². The maximum Gasteiger partial charge on any atom is 0.326 e. The van der Waals surface area contributed by atoms with E-state index in [1.807, 2.05) is 0 Å². The van der Waals surface area contributed by atoms with Gasteiger partial charge in [0.1, 0.15) is 11.9 Å². The van der Waals surface area contributed by atoms with Gasteiger partial charge >= 0.3 is 5.97 Å². The van der Waals surface area contributed by atoms with Gasteiger partial charge in [-0.15, -0.1) is 0 Å². The molecular weight excluding hydrogens is 251 g/mol. The van der Waals surface area contributed by atoms with Crippen molar-refractivity contribution in [1.29, 1.82) is 0 Å². The molecule has 1 aromatic heterocycles. The topological polar surface area (TPSA) is 82.2 Å². The number of rotatable bonds is 4. The van der Waals surface area contributed by atoms with Crippen LogP contribution in [0.1, 0.15) is 12.5 Å². The maximum absolute atomic E-state index is 13.7. The Labute approximate surface area is 108 Å². The molecule has 0 unspecified atom stereocenters. The quantitative estimate of drug-likeness (QED) is 0.781. The molecule has 0 fully saturated rings. The molecule has 6 heteroatoms. The van der Waals surface area contributed by atoms with Crippen molar-refractivity contribution in [2.75, 3.05) is 0 Å². The molecule has 2 rings (SSSR count). The van der Waals surface area contributed by atoms with E-state index in [1.54, 1.807) is 18.3 Å². The highest BCUT2D eigenvalue weighted by atomic mass is 19.1. The smallest absolute Gasteiger partial charge is 0.326 e. The second kappa shape index (κ2) is 5.09. The Morgan fingerprint density at radius 2 is 2.21 bits per heavy atom. The monoisotopic (exact) mass is 264 g/mol. The lowest BCUT2D eigenvalue weighted by molar-refractivity contribution is -0.141. The van der Waals surface area contributed by atoms with Crippen molar-refractivity contribution in [1.82, 2.24) is 10.3 Å². The molecule has 1 atom stereocenters. The lowest BCUT2D eigenvalue weighted by Crippen LogP contribution is -2.41. The number of hydrogen-bond acceptors (Lipinski definition) is 2. The summed E-state index contributed by atoms with van der Waals surface area (Å²) in [6.45, 7) is 1.24. The third-order valence-corrected chi connectivity index (χ3v) is 2.84. The fraction of sp³-hybridized carbons (Fsp3) is 0.231. The summed E-state index contributed by atoms with van der Waals surface area (Å²) in [4.78, 5) is 24.9. The molecule has 100 valence electrons. The number of benzene rings is 1. The van der Waals surface area contributed by atoms with E-state index in [0.717, 1.165) is 0 Å². The van der Waals surface area contributed by atoms with Gasteiger partial charge < -0.3 is 15.4 Å². The number of fused-ring (bicyclic) bond motifs is 1. The van der Waals surface area contributed by atoms with E-state index >= 15 is 0 Å². The van der Waals surface area contributed by atoms with Crippen LogP contribution in [0.15, 0.2) is 24.4 Å². The fourth-order valence-electron chi connectivity index (χ4n) is 2.03. The van der Waals surface area contributed by atoms with Crippen LogP contribution in [0.25, 0.3) is 10.9 Å². The van der Waals surface area contributed by atoms with Crippen molar-refractivity contribution >= 4 is 22.8 Å². The van der Waals surface area contributed by atoms with Gasteiger partial charge in [-0.25, -0.2) is 9.18 Å². The van der Waals surface area contributed by atoms with E-state index in [4.69, 9.17) is 5.11 Å². The first kappa shape index (κ1) is 13.1. The summed E-state index contributed by atoms with van der Waals surface area (Å²) in [7, 11) is 0. The number of carboxylic acids is 1. The molecule has 19 heavy (non-hydrogen) atoms. The summed E-state index contributed by atoms with van der Waals surface area (Å²) in [6.07, 6.45) is 1.58. The molecule has 0 aliphatic rings. The average Bonchev–Trinajstić information content (AvgIpc) is 2.72. The number of amides is 1. The van der Waals surface area contributed by atoms with Crippen molar-refractivity contribution in [3.05, 3.63) is 35.8 Å². The summed E-state index contributed by atoms with van der Waals surface area (Å²) >= 11 is 0. The van der Waals surface area contributed by atoms with Crippen LogP contribution in [0, 0.1) is 5.82 Å². The van der Waals surface area contributed by atoms with Gasteiger partial charge in [0.2, 0.25) is 5.91 Å². The van der Waals surface area contributed by atoms with Crippen molar-refractivity contribution in [3.63, 3.8) is 0 Å². The Balaban J connectivity index is 2.34. The molecule has 0 saturated carbocycles. The van der Waals surface area contributed by atoms with E-state index < -0.39 is 23.7 Å². The predicted octanol–water partition coefficient (Wildman–Crippen LogP) is 1.44. The van der Waals surface area contributed by atoms with Crippen LogP contribution in [0.3, 0.4) is 0 Å². The molecule has 3 N–H and O–H groups in total. The number of aromatic nitrogens is 1. The highest BCUT2D eigenvalue weighted by Crippen LogP contribution is 2.22. The number of carboxylic acid groups (broad SMARTS) is 1. The van der Waals surface area contributed by atoms with Crippen LogP contribution in [0.5, 0.6) is 0 Å². The SMILES string of the molecule is CC(=O)N[C@@H](Cc1c[nH]c2cccc(F)c12)C(=O)O. The summed E-state index contributed by atoms with van der Waals surface area (Å²) in [5, 5.41) is 11.7. The molecule has 5 nitrogen and oxygen atoms in total. The average molecular weight is 264 g/mol. The van der Waals surface area contributed by atoms with Gasteiger partial charge in [-0.1, -0.05) is 6.07 Å². The number of aliphatic carboxylic acids is 1. The molecule has 0 bridgehead atoms. The summed E-state index contributed by atoms with van der Waals surface area (Å²) < 4.78 is 13.7. The standard InChI is InChI=1S/C13H13FN2O3/c1-7(17)16-11(13(18)19)5-8-6-15-10-4-2-3-9(14)12(8)10/h2-4,6,11,15H,5H2,1H3,(H,16,17)(H,18,19)/t11-/m0/s1. The lowest BCUT2D eigenvalue weighted by Gasteiger charge is -2.12. The Hall–Kier alpha value is -2.37. The first-order valence-electron chi connectivity index (χ1n) is 5.73. The molecule has 0 radical (unpaired) electrons. The minimum atomic E-state index is -1.15. The van der Waals surface area contributed by atoms with Gasteiger partial charge in [-0.2, -0.15) is 0 Å². The van der Waals surface area contributed by atoms with E-state index in [2.05, 4.69) is 10.3 Å². The molecular formula is C13H13FN2O3. The normalized spacial score (nSPS) is 12.3. The number of H-pyrrole nitrogens is 1. The lowest BCUT2D eigenvalue weighted by atomic mass is 10.0. The number of carbonyl (C=O) groups excluding carboxylic acids is 1. The van der Waals surface area contributed by atoms with Crippen LogP contribution in [0.4, 0.5) is 4.39 Å². The zero-order valence-electron chi connectivity index (χ0n) is 10.2. The molecule has 0 aliphatic carbocycles. The number of hydrogen-bond donors (Lipinski definition) is 3. The fourth-order valence-corrected chi connectivity index (χ4v) is 2.03. The minimum absolute atomic E-state index is 0.0237. The first-order valence-corrected chi connectivity index (χ1v) is 5.73. The number of halogens is 1. The molecule has 0 aliphatic heterocycles. The minimum Gasteiger partial charge on any atom is -0.480 e. The molecule has 1 amide bonds. The molecule has 0 saturated heterocycles. The second-order valence-corrected chi connectivity index (χ2v) is 4.27. The summed E-state index contributed by atoms with van der Waals surface area (Å²) in [5.74, 6) is -2.01. The van der Waals surface area contributed by atoms with Gasteiger partial charge in [-0.05, 0) is 17.7 Å². The van der Waals surface area contributed by atoms with Gasteiger partial charge in [-0.3, -0.25) is 4.79 Å². The zero-order chi connectivity index (χ0) is 14.0. The Bertz CT molecular complexity index is 636. The second-order valence-electron chi connectivity index (χ2n) is 4.27. The van der Waals surface area contributed by atoms with Crippen molar-refractivity contribution in [2.45, 2.75) is 19.4 Å². The van der Waals surface area contributed by atoms with Crippen LogP contribution in [-0.4, -0.2) is 28.0 Å². The molecule has 1 aromatic carbocycles. The molecule has 2 aromatic rings. The highest BCUT2D eigenvalue weighted by molar-refractivity contribution is 5.86. The highest BCUT2D eigenvalue weighted by Gasteiger charge is 2.21. The van der Waals surface area contributed by atoms with E-state index in [9.17, 15) is 14.0 Å². The van der Waals surface area contributed by atoms with Crippen molar-refractivity contribution in [3.8, 4) is 0 Å². The van der Waals surface area contributed by atoms with Crippen molar-refractivity contribution in [2.24, 2.45) is 0 Å². The van der Waals surface area contributed by atoms with Gasteiger partial charge in [0, 0.05) is 30.4 Å². The third kappa shape index (κ3) is 2.73. The third-order valence-electron chi connectivity index (χ3n) is 2.84. The summed E-state index contributed by atoms with van der Waals surface area (Å²) in [6, 6.07) is 3.51. The molecule has 0 spiro atoms. The van der Waals surface area contributed by atoms with Crippen LogP contribution >= 0.6 is 0 Å². The Morgan fingerprint density at radius 3 is 2.84 bits per heavy atom. The zero-order valence-corrected chi connectivity index (χ0v) is 10.2. The van der Waals surface area contributed by atoms with Crippen molar-refractivity contribution < 1.29 is 19.1 Å².